The average Bonchev–Trinajstić information content (AvgIpc) is 3.04. The number of hydrogen-bond acceptors (Lipinski definition) is 5. The van der Waals surface area contributed by atoms with E-state index in [0.717, 1.165) is 25.9 Å². The van der Waals surface area contributed by atoms with Crippen LogP contribution in [0.15, 0.2) is 24.3 Å². The number of carbonyl (C=O) groups excluding carboxylic acids is 1. The first-order chi connectivity index (χ1) is 10.6. The SMILES string of the molecule is CCCN(C(=O)COc1cccc([N+](=O)[O-])c1)C1CCNC1. The van der Waals surface area contributed by atoms with Crippen molar-refractivity contribution < 1.29 is 14.5 Å². The van der Waals surface area contributed by atoms with Crippen LogP contribution in [0.4, 0.5) is 5.69 Å². The summed E-state index contributed by atoms with van der Waals surface area (Å²) in [6.07, 6.45) is 1.83. The lowest BCUT2D eigenvalue weighted by Crippen LogP contribution is -2.44. The Hall–Kier alpha value is -2.15. The normalized spacial score (nSPS) is 17.2. The lowest BCUT2D eigenvalue weighted by molar-refractivity contribution is -0.384. The first kappa shape index (κ1) is 16.2. The van der Waals surface area contributed by atoms with Crippen LogP contribution in [0.1, 0.15) is 19.8 Å². The fourth-order valence-electron chi connectivity index (χ4n) is 2.57. The Morgan fingerprint density at radius 3 is 3.00 bits per heavy atom. The zero-order chi connectivity index (χ0) is 15.9. The number of nitrogens with one attached hydrogen (secondary N) is 1. The molecule has 1 amide bonds. The van der Waals surface area contributed by atoms with Crippen LogP contribution >= 0.6 is 0 Å². The highest BCUT2D eigenvalue weighted by Crippen LogP contribution is 2.19. The molecule has 22 heavy (non-hydrogen) atoms. The second-order valence-corrected chi connectivity index (χ2v) is 5.28. The van der Waals surface area contributed by atoms with Crippen molar-refractivity contribution in [1.82, 2.24) is 10.2 Å². The van der Waals surface area contributed by atoms with Gasteiger partial charge in [0.2, 0.25) is 0 Å². The molecule has 1 aromatic rings. The summed E-state index contributed by atoms with van der Waals surface area (Å²) in [6, 6.07) is 6.09. The number of nitro groups is 1. The number of hydrogen-bond donors (Lipinski definition) is 1. The Morgan fingerprint density at radius 1 is 1.55 bits per heavy atom. The first-order valence-corrected chi connectivity index (χ1v) is 7.49. The van der Waals surface area contributed by atoms with Crippen molar-refractivity contribution in [3.63, 3.8) is 0 Å². The first-order valence-electron chi connectivity index (χ1n) is 7.49. The van der Waals surface area contributed by atoms with Crippen molar-refractivity contribution >= 4 is 11.6 Å². The lowest BCUT2D eigenvalue weighted by Gasteiger charge is -2.28. The third kappa shape index (κ3) is 4.17. The van der Waals surface area contributed by atoms with Gasteiger partial charge in [0.15, 0.2) is 6.61 Å². The van der Waals surface area contributed by atoms with E-state index in [1.165, 1.54) is 12.1 Å². The van der Waals surface area contributed by atoms with Gasteiger partial charge in [-0.2, -0.15) is 0 Å². The van der Waals surface area contributed by atoms with Crippen molar-refractivity contribution in [2.24, 2.45) is 0 Å². The van der Waals surface area contributed by atoms with Gasteiger partial charge in [-0.25, -0.2) is 0 Å². The predicted octanol–water partition coefficient (Wildman–Crippen LogP) is 1.57. The van der Waals surface area contributed by atoms with Crippen LogP contribution in [0.5, 0.6) is 5.75 Å². The summed E-state index contributed by atoms with van der Waals surface area (Å²) in [5, 5.41) is 14.0. The van der Waals surface area contributed by atoms with Crippen LogP contribution in [0, 0.1) is 10.1 Å². The number of ether oxygens (including phenoxy) is 1. The van der Waals surface area contributed by atoms with Crippen LogP contribution < -0.4 is 10.1 Å². The van der Waals surface area contributed by atoms with Gasteiger partial charge in [-0.1, -0.05) is 13.0 Å². The molecule has 7 heteroatoms. The van der Waals surface area contributed by atoms with E-state index in [1.54, 1.807) is 12.1 Å². The molecule has 0 aromatic heterocycles. The molecule has 1 aromatic carbocycles. The van der Waals surface area contributed by atoms with E-state index in [-0.39, 0.29) is 24.2 Å². The summed E-state index contributed by atoms with van der Waals surface area (Å²) in [4.78, 5) is 24.4. The van der Waals surface area contributed by atoms with Crippen LogP contribution in [-0.4, -0.2) is 48.0 Å². The smallest absolute Gasteiger partial charge is 0.273 e. The third-order valence-electron chi connectivity index (χ3n) is 3.65. The van der Waals surface area contributed by atoms with Gasteiger partial charge < -0.3 is 15.0 Å². The fourth-order valence-corrected chi connectivity index (χ4v) is 2.57. The van der Waals surface area contributed by atoms with Gasteiger partial charge in [0.1, 0.15) is 5.75 Å². The van der Waals surface area contributed by atoms with Crippen LogP contribution in [0.2, 0.25) is 0 Å². The molecule has 2 rings (SSSR count). The summed E-state index contributed by atoms with van der Waals surface area (Å²) in [7, 11) is 0. The molecular formula is C15H21N3O4. The van der Waals surface area contributed by atoms with Crippen molar-refractivity contribution in [1.29, 1.82) is 0 Å². The molecule has 1 fully saturated rings. The summed E-state index contributed by atoms with van der Waals surface area (Å²) >= 11 is 0. The molecule has 0 aliphatic carbocycles. The summed E-state index contributed by atoms with van der Waals surface area (Å²) in [6.45, 7) is 4.36. The van der Waals surface area contributed by atoms with Crippen molar-refractivity contribution in [3.05, 3.63) is 34.4 Å². The molecular weight excluding hydrogens is 286 g/mol. The molecule has 0 saturated carbocycles. The number of non-ortho nitro benzene ring substituents is 1. The number of amides is 1. The zero-order valence-corrected chi connectivity index (χ0v) is 12.7. The Balaban J connectivity index is 1.95. The van der Waals surface area contributed by atoms with E-state index < -0.39 is 4.92 Å². The molecule has 1 unspecified atom stereocenters. The van der Waals surface area contributed by atoms with E-state index in [4.69, 9.17) is 4.74 Å². The number of rotatable bonds is 7. The topological polar surface area (TPSA) is 84.7 Å². The van der Waals surface area contributed by atoms with Gasteiger partial charge in [-0.05, 0) is 25.5 Å². The monoisotopic (exact) mass is 307 g/mol. The van der Waals surface area contributed by atoms with E-state index >= 15 is 0 Å². The van der Waals surface area contributed by atoms with Gasteiger partial charge >= 0.3 is 0 Å². The van der Waals surface area contributed by atoms with Crippen LogP contribution in [0.25, 0.3) is 0 Å². The highest BCUT2D eigenvalue weighted by Gasteiger charge is 2.26. The maximum atomic E-state index is 12.4. The van der Waals surface area contributed by atoms with Crippen molar-refractivity contribution in [3.8, 4) is 5.75 Å². The molecule has 7 nitrogen and oxygen atoms in total. The standard InChI is InChI=1S/C15H21N3O4/c1-2-8-17(13-6-7-16-10-13)15(19)11-22-14-5-3-4-12(9-14)18(20)21/h3-5,9,13,16H,2,6-8,10-11H2,1H3. The van der Waals surface area contributed by atoms with E-state index in [1.807, 2.05) is 11.8 Å². The largest absolute Gasteiger partial charge is 0.484 e. The van der Waals surface area contributed by atoms with E-state index in [0.29, 0.717) is 12.3 Å². The Kier molecular flexibility index (Phi) is 5.71. The van der Waals surface area contributed by atoms with Crippen LogP contribution in [0.3, 0.4) is 0 Å². The van der Waals surface area contributed by atoms with Gasteiger partial charge in [0.25, 0.3) is 11.6 Å². The third-order valence-corrected chi connectivity index (χ3v) is 3.65. The summed E-state index contributed by atoms with van der Waals surface area (Å²) < 4.78 is 5.43. The van der Waals surface area contributed by atoms with Gasteiger partial charge in [-0.3, -0.25) is 14.9 Å². The molecule has 1 atom stereocenters. The minimum atomic E-state index is -0.484. The maximum absolute atomic E-state index is 12.4. The zero-order valence-electron chi connectivity index (χ0n) is 12.7. The number of benzene rings is 1. The molecule has 0 radical (unpaired) electrons. The minimum Gasteiger partial charge on any atom is -0.484 e. The lowest BCUT2D eigenvalue weighted by atomic mass is 10.2. The van der Waals surface area contributed by atoms with E-state index in [9.17, 15) is 14.9 Å². The maximum Gasteiger partial charge on any atom is 0.273 e. The quantitative estimate of drug-likeness (QED) is 0.610. The van der Waals surface area contributed by atoms with Gasteiger partial charge in [0.05, 0.1) is 11.0 Å². The molecule has 120 valence electrons. The highest BCUT2D eigenvalue weighted by molar-refractivity contribution is 5.78. The molecule has 1 aliphatic rings. The fraction of sp³-hybridized carbons (Fsp3) is 0.533. The molecule has 1 saturated heterocycles. The summed E-state index contributed by atoms with van der Waals surface area (Å²) in [5.74, 6) is 0.255. The second-order valence-electron chi connectivity index (χ2n) is 5.28. The number of nitro benzene ring substituents is 1. The Labute approximate surface area is 129 Å². The minimum absolute atomic E-state index is 0.0460. The molecule has 1 N–H and O–H groups in total. The van der Waals surface area contributed by atoms with Crippen molar-refractivity contribution in [2.45, 2.75) is 25.8 Å². The second kappa shape index (κ2) is 7.74. The Morgan fingerprint density at radius 2 is 2.36 bits per heavy atom. The molecule has 1 heterocycles. The predicted molar refractivity (Wildman–Crippen MR) is 81.9 cm³/mol. The van der Waals surface area contributed by atoms with Gasteiger partial charge in [-0.15, -0.1) is 0 Å². The van der Waals surface area contributed by atoms with E-state index in [2.05, 4.69) is 5.32 Å². The molecule has 0 bridgehead atoms. The average molecular weight is 307 g/mol. The van der Waals surface area contributed by atoms with Gasteiger partial charge in [0, 0.05) is 25.2 Å². The Bertz CT molecular complexity index is 529. The van der Waals surface area contributed by atoms with Crippen LogP contribution in [-0.2, 0) is 4.79 Å². The van der Waals surface area contributed by atoms with Crippen molar-refractivity contribution in [2.75, 3.05) is 26.2 Å². The molecule has 0 spiro atoms. The highest BCUT2D eigenvalue weighted by atomic mass is 16.6. The molecule has 1 aliphatic heterocycles. The number of nitrogens with zero attached hydrogens (tertiary/aromatic N) is 2. The number of carbonyl (C=O) groups is 1. The summed E-state index contributed by atoms with van der Waals surface area (Å²) in [5.41, 5.74) is -0.0460.